The van der Waals surface area contributed by atoms with E-state index in [2.05, 4.69) is 33.4 Å². The predicted octanol–water partition coefficient (Wildman–Crippen LogP) is 2.67. The molecule has 0 radical (unpaired) electrons. The molecule has 102 valence electrons. The Balaban J connectivity index is 1.99. The van der Waals surface area contributed by atoms with E-state index in [4.69, 9.17) is 0 Å². The normalized spacial score (nSPS) is 9.90. The van der Waals surface area contributed by atoms with Crippen LogP contribution in [0.4, 0.5) is 0 Å². The highest BCUT2D eigenvalue weighted by molar-refractivity contribution is 14.1. The molecule has 0 fully saturated rings. The van der Waals surface area contributed by atoms with Gasteiger partial charge in [-0.15, -0.1) is 0 Å². The number of benzene rings is 2. The van der Waals surface area contributed by atoms with Gasteiger partial charge in [-0.2, -0.15) is 0 Å². The monoisotopic (exact) mass is 380 g/mol. The smallest absolute Gasteiger partial charge is 0.267 e. The lowest BCUT2D eigenvalue weighted by Gasteiger charge is -2.09. The second kappa shape index (κ2) is 6.51. The van der Waals surface area contributed by atoms with Gasteiger partial charge in [0.2, 0.25) is 0 Å². The first-order valence-corrected chi connectivity index (χ1v) is 7.07. The zero-order valence-electron chi connectivity index (χ0n) is 10.8. The number of hydrogen-bond donors (Lipinski definition) is 2. The van der Waals surface area contributed by atoms with Crippen molar-refractivity contribution in [3.63, 3.8) is 0 Å². The van der Waals surface area contributed by atoms with E-state index in [1.54, 1.807) is 24.3 Å². The topological polar surface area (TPSA) is 58.2 Å². The Labute approximate surface area is 130 Å². The quantitative estimate of drug-likeness (QED) is 0.622. The summed E-state index contributed by atoms with van der Waals surface area (Å²) in [5.74, 6) is -0.676. The van der Waals surface area contributed by atoms with Gasteiger partial charge in [-0.25, -0.2) is 0 Å². The highest BCUT2D eigenvalue weighted by Crippen LogP contribution is 2.07. The molecular formula is C15H13IN2O2. The molecule has 2 rings (SSSR count). The molecule has 4 nitrogen and oxygen atoms in total. The van der Waals surface area contributed by atoms with Gasteiger partial charge in [0.1, 0.15) is 0 Å². The van der Waals surface area contributed by atoms with Gasteiger partial charge in [-0.1, -0.05) is 18.2 Å². The molecule has 0 aliphatic carbocycles. The second-order valence-corrected chi connectivity index (χ2v) is 5.48. The van der Waals surface area contributed by atoms with Crippen molar-refractivity contribution in [3.8, 4) is 0 Å². The van der Waals surface area contributed by atoms with Crippen molar-refractivity contribution in [2.45, 2.75) is 6.92 Å². The molecule has 0 bridgehead atoms. The van der Waals surface area contributed by atoms with Crippen molar-refractivity contribution >= 4 is 34.4 Å². The van der Waals surface area contributed by atoms with E-state index < -0.39 is 0 Å². The van der Waals surface area contributed by atoms with E-state index in [0.29, 0.717) is 11.1 Å². The molecule has 0 aliphatic rings. The van der Waals surface area contributed by atoms with Crippen LogP contribution in [-0.2, 0) is 0 Å². The fourth-order valence-corrected chi connectivity index (χ4v) is 2.04. The van der Waals surface area contributed by atoms with Crippen LogP contribution in [0.1, 0.15) is 26.3 Å². The van der Waals surface area contributed by atoms with Gasteiger partial charge in [0.15, 0.2) is 0 Å². The first-order chi connectivity index (χ1) is 9.58. The van der Waals surface area contributed by atoms with Crippen LogP contribution in [0.3, 0.4) is 0 Å². The molecule has 0 aliphatic heterocycles. The summed E-state index contributed by atoms with van der Waals surface area (Å²) in [5, 5.41) is 0. The Bertz CT molecular complexity index is 639. The van der Waals surface area contributed by atoms with Crippen LogP contribution in [0.5, 0.6) is 0 Å². The lowest BCUT2D eigenvalue weighted by molar-refractivity contribution is 0.0846. The number of carbonyl (C=O) groups is 2. The van der Waals surface area contributed by atoms with Gasteiger partial charge in [0.25, 0.3) is 11.8 Å². The number of hydrazine groups is 1. The lowest BCUT2D eigenvalue weighted by Crippen LogP contribution is -2.41. The zero-order valence-corrected chi connectivity index (χ0v) is 13.0. The van der Waals surface area contributed by atoms with E-state index in [-0.39, 0.29) is 11.8 Å². The van der Waals surface area contributed by atoms with Gasteiger partial charge < -0.3 is 0 Å². The Morgan fingerprint density at radius 2 is 1.50 bits per heavy atom. The van der Waals surface area contributed by atoms with Gasteiger partial charge in [-0.3, -0.25) is 20.4 Å². The number of carbonyl (C=O) groups excluding carboxylic acids is 2. The molecule has 2 amide bonds. The van der Waals surface area contributed by atoms with Crippen LogP contribution in [0, 0.1) is 10.5 Å². The van der Waals surface area contributed by atoms with Gasteiger partial charge in [0.05, 0.1) is 0 Å². The standard InChI is InChI=1S/C15H13IN2O2/c1-10-4-2-3-5-13(10)15(20)18-17-14(19)11-6-8-12(16)9-7-11/h2-9H,1H3,(H,17,19)(H,18,20). The highest BCUT2D eigenvalue weighted by Gasteiger charge is 2.10. The third kappa shape index (κ3) is 3.57. The third-order valence-electron chi connectivity index (χ3n) is 2.79. The summed E-state index contributed by atoms with van der Waals surface area (Å²) < 4.78 is 1.04. The van der Waals surface area contributed by atoms with Crippen molar-refractivity contribution in [2.75, 3.05) is 0 Å². The Hall–Kier alpha value is -1.89. The number of halogens is 1. The van der Waals surface area contributed by atoms with Crippen molar-refractivity contribution < 1.29 is 9.59 Å². The fraction of sp³-hybridized carbons (Fsp3) is 0.0667. The minimum atomic E-state index is -0.344. The number of aryl methyl sites for hydroxylation is 1. The summed E-state index contributed by atoms with van der Waals surface area (Å²) >= 11 is 2.16. The van der Waals surface area contributed by atoms with Crippen molar-refractivity contribution in [1.29, 1.82) is 0 Å². The molecule has 20 heavy (non-hydrogen) atoms. The minimum Gasteiger partial charge on any atom is -0.267 e. The molecule has 0 unspecified atom stereocenters. The Kier molecular flexibility index (Phi) is 4.73. The number of rotatable bonds is 2. The Morgan fingerprint density at radius 3 is 2.15 bits per heavy atom. The maximum atomic E-state index is 11.9. The van der Waals surface area contributed by atoms with E-state index in [1.165, 1.54) is 0 Å². The molecule has 0 saturated heterocycles. The molecule has 0 aromatic heterocycles. The maximum absolute atomic E-state index is 11.9. The highest BCUT2D eigenvalue weighted by atomic mass is 127. The Morgan fingerprint density at radius 1 is 0.900 bits per heavy atom. The molecule has 2 aromatic carbocycles. The third-order valence-corrected chi connectivity index (χ3v) is 3.50. The first-order valence-electron chi connectivity index (χ1n) is 6.00. The van der Waals surface area contributed by atoms with Crippen LogP contribution < -0.4 is 10.9 Å². The first kappa shape index (κ1) is 14.5. The van der Waals surface area contributed by atoms with Crippen molar-refractivity contribution in [1.82, 2.24) is 10.9 Å². The predicted molar refractivity (Wildman–Crippen MR) is 85.3 cm³/mol. The SMILES string of the molecule is Cc1ccccc1C(=O)NNC(=O)c1ccc(I)cc1. The van der Waals surface area contributed by atoms with Crippen LogP contribution in [0.25, 0.3) is 0 Å². The van der Waals surface area contributed by atoms with Gasteiger partial charge >= 0.3 is 0 Å². The fourth-order valence-electron chi connectivity index (χ4n) is 1.68. The van der Waals surface area contributed by atoms with Crippen molar-refractivity contribution in [2.24, 2.45) is 0 Å². The van der Waals surface area contributed by atoms with Crippen LogP contribution >= 0.6 is 22.6 Å². The molecule has 2 N–H and O–H groups in total. The second-order valence-electron chi connectivity index (χ2n) is 4.23. The van der Waals surface area contributed by atoms with E-state index in [1.807, 2.05) is 31.2 Å². The molecule has 2 aromatic rings. The zero-order chi connectivity index (χ0) is 14.5. The van der Waals surface area contributed by atoms with Crippen LogP contribution in [0.2, 0.25) is 0 Å². The average Bonchev–Trinajstić information content (AvgIpc) is 2.45. The van der Waals surface area contributed by atoms with Crippen molar-refractivity contribution in [3.05, 3.63) is 68.8 Å². The summed E-state index contributed by atoms with van der Waals surface area (Å²) in [6.45, 7) is 1.84. The van der Waals surface area contributed by atoms with Gasteiger partial charge in [-0.05, 0) is 65.4 Å². The molecule has 0 spiro atoms. The van der Waals surface area contributed by atoms with E-state index >= 15 is 0 Å². The van der Waals surface area contributed by atoms with E-state index in [9.17, 15) is 9.59 Å². The summed E-state index contributed by atoms with van der Waals surface area (Å²) in [6, 6.07) is 14.3. The summed E-state index contributed by atoms with van der Waals surface area (Å²) in [6.07, 6.45) is 0. The molecule has 0 heterocycles. The average molecular weight is 380 g/mol. The van der Waals surface area contributed by atoms with Crippen LogP contribution in [0.15, 0.2) is 48.5 Å². The van der Waals surface area contributed by atoms with Gasteiger partial charge in [0, 0.05) is 14.7 Å². The summed E-state index contributed by atoms with van der Waals surface area (Å²) in [4.78, 5) is 23.8. The number of hydrogen-bond acceptors (Lipinski definition) is 2. The number of amides is 2. The summed E-state index contributed by atoms with van der Waals surface area (Å²) in [5.41, 5.74) is 6.70. The lowest BCUT2D eigenvalue weighted by atomic mass is 10.1. The molecule has 5 heteroatoms. The number of nitrogens with one attached hydrogen (secondary N) is 2. The molecule has 0 atom stereocenters. The minimum absolute atomic E-state index is 0.332. The maximum Gasteiger partial charge on any atom is 0.269 e. The van der Waals surface area contributed by atoms with Crippen LogP contribution in [-0.4, -0.2) is 11.8 Å². The molecular weight excluding hydrogens is 367 g/mol. The van der Waals surface area contributed by atoms with E-state index in [0.717, 1.165) is 9.13 Å². The largest absolute Gasteiger partial charge is 0.269 e. The summed E-state index contributed by atoms with van der Waals surface area (Å²) in [7, 11) is 0. The molecule has 0 saturated carbocycles.